The summed E-state index contributed by atoms with van der Waals surface area (Å²) in [4.78, 5) is 28.9. The summed E-state index contributed by atoms with van der Waals surface area (Å²) in [5, 5.41) is 9.52. The summed E-state index contributed by atoms with van der Waals surface area (Å²) in [7, 11) is 0. The minimum absolute atomic E-state index is 0.0701. The van der Waals surface area contributed by atoms with Gasteiger partial charge in [0, 0.05) is 36.1 Å². The summed E-state index contributed by atoms with van der Waals surface area (Å²) in [6.45, 7) is 7.60. The minimum Gasteiger partial charge on any atom is -0.481 e. The van der Waals surface area contributed by atoms with Crippen LogP contribution in [0.25, 0.3) is 0 Å². The number of nitrogens with one attached hydrogen (secondary N) is 1. The van der Waals surface area contributed by atoms with E-state index < -0.39 is 11.4 Å². The molecule has 1 atom stereocenters. The number of carboxylic acids is 1. The number of H-pyrrole nitrogens is 1. The number of piperidine rings is 1. The van der Waals surface area contributed by atoms with Crippen molar-refractivity contribution in [1.29, 1.82) is 0 Å². The SMILES string of the molecule is CCC1(C(=O)O)CCCN(Cc2[nH]cc(C)c(=O)c2C)C1. The lowest BCUT2D eigenvalue weighted by Crippen LogP contribution is -2.47. The molecule has 0 aliphatic carbocycles. The number of aromatic nitrogens is 1. The Morgan fingerprint density at radius 2 is 2.19 bits per heavy atom. The van der Waals surface area contributed by atoms with Crippen molar-refractivity contribution in [3.05, 3.63) is 33.2 Å². The second-order valence-corrected chi connectivity index (χ2v) is 6.16. The van der Waals surface area contributed by atoms with E-state index in [-0.39, 0.29) is 5.43 Å². The molecule has 2 heterocycles. The van der Waals surface area contributed by atoms with Crippen LogP contribution in [0.3, 0.4) is 0 Å². The first-order chi connectivity index (χ1) is 9.89. The lowest BCUT2D eigenvalue weighted by molar-refractivity contribution is -0.153. The third-order valence-electron chi connectivity index (χ3n) is 4.78. The number of rotatable bonds is 4. The van der Waals surface area contributed by atoms with Crippen LogP contribution in [-0.4, -0.2) is 34.0 Å². The van der Waals surface area contributed by atoms with Crippen molar-refractivity contribution in [2.45, 2.75) is 46.6 Å². The van der Waals surface area contributed by atoms with Crippen molar-refractivity contribution in [3.63, 3.8) is 0 Å². The predicted octanol–water partition coefficient (Wildman–Crippen LogP) is 2.07. The molecule has 5 heteroatoms. The van der Waals surface area contributed by atoms with Crippen molar-refractivity contribution >= 4 is 5.97 Å². The molecule has 116 valence electrons. The van der Waals surface area contributed by atoms with Gasteiger partial charge < -0.3 is 10.1 Å². The summed E-state index contributed by atoms with van der Waals surface area (Å²) in [5.74, 6) is -0.705. The van der Waals surface area contributed by atoms with E-state index >= 15 is 0 Å². The van der Waals surface area contributed by atoms with Gasteiger partial charge in [-0.2, -0.15) is 0 Å². The number of aryl methyl sites for hydroxylation is 1. The van der Waals surface area contributed by atoms with Crippen LogP contribution in [0.1, 0.15) is 43.0 Å². The van der Waals surface area contributed by atoms with Gasteiger partial charge in [-0.05, 0) is 39.7 Å². The lowest BCUT2D eigenvalue weighted by Gasteiger charge is -2.39. The highest BCUT2D eigenvalue weighted by atomic mass is 16.4. The van der Waals surface area contributed by atoms with Gasteiger partial charge in [-0.1, -0.05) is 6.92 Å². The number of nitrogens with zero attached hydrogens (tertiary/aromatic N) is 1. The maximum absolute atomic E-state index is 12.0. The van der Waals surface area contributed by atoms with Gasteiger partial charge >= 0.3 is 5.97 Å². The Balaban J connectivity index is 2.19. The van der Waals surface area contributed by atoms with Crippen LogP contribution in [-0.2, 0) is 11.3 Å². The van der Waals surface area contributed by atoms with Gasteiger partial charge in [0.25, 0.3) is 0 Å². The first kappa shape index (κ1) is 15.8. The molecule has 2 rings (SSSR count). The first-order valence-electron chi connectivity index (χ1n) is 7.53. The number of likely N-dealkylation sites (tertiary alicyclic amines) is 1. The normalized spacial score (nSPS) is 23.2. The summed E-state index contributed by atoms with van der Waals surface area (Å²) < 4.78 is 0. The third kappa shape index (κ3) is 3.02. The predicted molar refractivity (Wildman–Crippen MR) is 81.4 cm³/mol. The molecular weight excluding hydrogens is 268 g/mol. The zero-order chi connectivity index (χ0) is 15.6. The minimum atomic E-state index is -0.705. The van der Waals surface area contributed by atoms with Crippen LogP contribution in [0.2, 0.25) is 0 Å². The maximum atomic E-state index is 12.0. The zero-order valence-corrected chi connectivity index (χ0v) is 13.0. The topological polar surface area (TPSA) is 73.4 Å². The number of carbonyl (C=O) groups is 1. The van der Waals surface area contributed by atoms with Crippen LogP contribution in [0.4, 0.5) is 0 Å². The summed E-state index contributed by atoms with van der Waals surface area (Å²) in [6, 6.07) is 0. The number of hydrogen-bond acceptors (Lipinski definition) is 3. The third-order valence-corrected chi connectivity index (χ3v) is 4.78. The van der Waals surface area contributed by atoms with Gasteiger partial charge in [0.1, 0.15) is 0 Å². The Hall–Kier alpha value is -1.62. The average Bonchev–Trinajstić information content (AvgIpc) is 2.48. The largest absolute Gasteiger partial charge is 0.481 e. The Morgan fingerprint density at radius 3 is 2.81 bits per heavy atom. The molecule has 21 heavy (non-hydrogen) atoms. The summed E-state index contributed by atoms with van der Waals surface area (Å²) in [5.41, 5.74) is 1.77. The number of aromatic amines is 1. The Bertz CT molecular complexity index is 594. The molecule has 0 amide bonds. The van der Waals surface area contributed by atoms with Crippen molar-refractivity contribution < 1.29 is 9.90 Å². The second kappa shape index (κ2) is 6.02. The van der Waals surface area contributed by atoms with Crippen LogP contribution in [0, 0.1) is 19.3 Å². The molecule has 1 unspecified atom stereocenters. The molecule has 0 saturated carbocycles. The molecule has 1 saturated heterocycles. The fourth-order valence-corrected chi connectivity index (χ4v) is 3.17. The van der Waals surface area contributed by atoms with Gasteiger partial charge in [0.15, 0.2) is 5.43 Å². The van der Waals surface area contributed by atoms with Crippen LogP contribution < -0.4 is 5.43 Å². The van der Waals surface area contributed by atoms with Crippen LogP contribution in [0.5, 0.6) is 0 Å². The van der Waals surface area contributed by atoms with Crippen molar-refractivity contribution in [2.75, 3.05) is 13.1 Å². The van der Waals surface area contributed by atoms with E-state index in [4.69, 9.17) is 0 Å². The van der Waals surface area contributed by atoms with E-state index in [2.05, 4.69) is 9.88 Å². The fraction of sp³-hybridized carbons (Fsp3) is 0.625. The Labute approximate surface area is 125 Å². The monoisotopic (exact) mass is 292 g/mol. The van der Waals surface area contributed by atoms with Gasteiger partial charge in [-0.25, -0.2) is 0 Å². The van der Waals surface area contributed by atoms with E-state index in [9.17, 15) is 14.7 Å². The van der Waals surface area contributed by atoms with Crippen LogP contribution in [0.15, 0.2) is 11.0 Å². The molecule has 1 fully saturated rings. The molecule has 1 aromatic heterocycles. The van der Waals surface area contributed by atoms with Crippen molar-refractivity contribution in [1.82, 2.24) is 9.88 Å². The number of pyridine rings is 1. The number of aliphatic carboxylic acids is 1. The van der Waals surface area contributed by atoms with Crippen molar-refractivity contribution in [3.8, 4) is 0 Å². The molecule has 1 aliphatic heterocycles. The highest BCUT2D eigenvalue weighted by molar-refractivity contribution is 5.75. The quantitative estimate of drug-likeness (QED) is 0.891. The molecule has 2 N–H and O–H groups in total. The highest BCUT2D eigenvalue weighted by Gasteiger charge is 2.40. The maximum Gasteiger partial charge on any atom is 0.310 e. The zero-order valence-electron chi connectivity index (χ0n) is 13.0. The Morgan fingerprint density at radius 1 is 1.48 bits per heavy atom. The smallest absolute Gasteiger partial charge is 0.310 e. The molecule has 0 spiro atoms. The summed E-state index contributed by atoms with van der Waals surface area (Å²) in [6.07, 6.45) is 4.00. The lowest BCUT2D eigenvalue weighted by atomic mass is 9.77. The van der Waals surface area contributed by atoms with E-state index in [0.29, 0.717) is 25.1 Å². The van der Waals surface area contributed by atoms with E-state index in [1.165, 1.54) is 0 Å². The molecule has 0 aromatic carbocycles. The summed E-state index contributed by atoms with van der Waals surface area (Å²) >= 11 is 0. The molecule has 5 nitrogen and oxygen atoms in total. The molecular formula is C16H24N2O3. The van der Waals surface area contributed by atoms with Crippen molar-refractivity contribution in [2.24, 2.45) is 5.41 Å². The first-order valence-corrected chi connectivity index (χ1v) is 7.53. The van der Waals surface area contributed by atoms with Gasteiger partial charge in [0.2, 0.25) is 0 Å². The second-order valence-electron chi connectivity index (χ2n) is 6.16. The van der Waals surface area contributed by atoms with Gasteiger partial charge in [-0.15, -0.1) is 0 Å². The van der Waals surface area contributed by atoms with E-state index in [0.717, 1.165) is 30.6 Å². The number of hydrogen-bond donors (Lipinski definition) is 2. The van der Waals surface area contributed by atoms with Gasteiger partial charge in [-0.3, -0.25) is 14.5 Å². The highest BCUT2D eigenvalue weighted by Crippen LogP contribution is 2.34. The molecule has 1 aromatic rings. The number of carboxylic acid groups (broad SMARTS) is 1. The fourth-order valence-electron chi connectivity index (χ4n) is 3.17. The molecule has 1 aliphatic rings. The molecule has 0 bridgehead atoms. The van der Waals surface area contributed by atoms with Crippen LogP contribution >= 0.6 is 0 Å². The van der Waals surface area contributed by atoms with E-state index in [1.54, 1.807) is 13.1 Å². The van der Waals surface area contributed by atoms with E-state index in [1.807, 2.05) is 13.8 Å². The average molecular weight is 292 g/mol. The Kier molecular flexibility index (Phi) is 4.52. The van der Waals surface area contributed by atoms with Gasteiger partial charge in [0.05, 0.1) is 5.41 Å². The standard InChI is InChI=1S/C16H24N2O3/c1-4-16(15(20)21)6-5-7-18(10-16)9-13-12(3)14(19)11(2)8-17-13/h8H,4-7,9-10H2,1-3H3,(H,17,19)(H,20,21). The molecule has 0 radical (unpaired) electrons.